The number of carbonyl (C=O) groups excluding carboxylic acids is 1. The first kappa shape index (κ1) is 13.3. The Morgan fingerprint density at radius 3 is 2.67 bits per heavy atom. The lowest BCUT2D eigenvalue weighted by Crippen LogP contribution is -2.42. The molecule has 1 aromatic rings. The van der Waals surface area contributed by atoms with Crippen LogP contribution >= 0.6 is 0 Å². The SMILES string of the molecule is Cc1ccccc1C(=O)C(C)(C)C1CCCNC1. The Morgan fingerprint density at radius 1 is 1.33 bits per heavy atom. The normalized spacial score (nSPS) is 20.7. The van der Waals surface area contributed by atoms with Gasteiger partial charge < -0.3 is 5.32 Å². The Balaban J connectivity index is 2.24. The number of nitrogens with one attached hydrogen (secondary N) is 1. The molecule has 1 atom stereocenters. The topological polar surface area (TPSA) is 29.1 Å². The van der Waals surface area contributed by atoms with Gasteiger partial charge in [-0.05, 0) is 44.3 Å². The van der Waals surface area contributed by atoms with Gasteiger partial charge in [0.05, 0.1) is 0 Å². The first-order chi connectivity index (χ1) is 8.53. The maximum absolute atomic E-state index is 12.8. The summed E-state index contributed by atoms with van der Waals surface area (Å²) in [5.41, 5.74) is 1.69. The second-order valence-corrected chi connectivity index (χ2v) is 5.91. The third-order valence-electron chi connectivity index (χ3n) is 4.29. The molecule has 0 aromatic heterocycles. The van der Waals surface area contributed by atoms with Crippen LogP contribution in [-0.4, -0.2) is 18.9 Å². The minimum Gasteiger partial charge on any atom is -0.316 e. The van der Waals surface area contributed by atoms with Gasteiger partial charge in [0, 0.05) is 11.0 Å². The summed E-state index contributed by atoms with van der Waals surface area (Å²) in [7, 11) is 0. The predicted octanol–water partition coefficient (Wildman–Crippen LogP) is 3.20. The number of carbonyl (C=O) groups is 1. The number of ketones is 1. The van der Waals surface area contributed by atoms with Gasteiger partial charge >= 0.3 is 0 Å². The number of hydrogen-bond acceptors (Lipinski definition) is 2. The van der Waals surface area contributed by atoms with Crippen molar-refractivity contribution in [2.75, 3.05) is 13.1 Å². The average Bonchev–Trinajstić information content (AvgIpc) is 2.39. The summed E-state index contributed by atoms with van der Waals surface area (Å²) in [5.74, 6) is 0.729. The molecule has 1 unspecified atom stereocenters. The molecule has 2 nitrogen and oxygen atoms in total. The molecule has 0 amide bonds. The second-order valence-electron chi connectivity index (χ2n) is 5.91. The molecule has 1 aromatic carbocycles. The lowest BCUT2D eigenvalue weighted by atomic mass is 9.70. The molecule has 1 aliphatic rings. The average molecular weight is 245 g/mol. The van der Waals surface area contributed by atoms with Crippen molar-refractivity contribution >= 4 is 5.78 Å². The molecule has 98 valence electrons. The van der Waals surface area contributed by atoms with E-state index in [-0.39, 0.29) is 11.2 Å². The monoisotopic (exact) mass is 245 g/mol. The van der Waals surface area contributed by atoms with E-state index in [0.717, 1.165) is 30.6 Å². The smallest absolute Gasteiger partial charge is 0.169 e. The molecule has 18 heavy (non-hydrogen) atoms. The van der Waals surface area contributed by atoms with Crippen LogP contribution in [0.1, 0.15) is 42.6 Å². The fraction of sp³-hybridized carbons (Fsp3) is 0.562. The third kappa shape index (κ3) is 2.49. The molecule has 0 spiro atoms. The van der Waals surface area contributed by atoms with Gasteiger partial charge in [-0.3, -0.25) is 4.79 Å². The zero-order valence-corrected chi connectivity index (χ0v) is 11.6. The van der Waals surface area contributed by atoms with Crippen LogP contribution in [0.4, 0.5) is 0 Å². The molecule has 2 heteroatoms. The van der Waals surface area contributed by atoms with E-state index in [1.165, 1.54) is 6.42 Å². The highest BCUT2D eigenvalue weighted by molar-refractivity contribution is 6.01. The first-order valence-electron chi connectivity index (χ1n) is 6.84. The largest absolute Gasteiger partial charge is 0.316 e. The standard InChI is InChI=1S/C16H23NO/c1-12-7-4-5-9-14(12)15(18)16(2,3)13-8-6-10-17-11-13/h4-5,7,9,13,17H,6,8,10-11H2,1-3H3. The predicted molar refractivity (Wildman–Crippen MR) is 74.9 cm³/mol. The van der Waals surface area contributed by atoms with E-state index < -0.39 is 0 Å². The van der Waals surface area contributed by atoms with E-state index in [0.29, 0.717) is 5.92 Å². The Kier molecular flexibility index (Phi) is 3.86. The van der Waals surface area contributed by atoms with Gasteiger partial charge in [-0.1, -0.05) is 38.1 Å². The molecular weight excluding hydrogens is 222 g/mol. The highest BCUT2D eigenvalue weighted by Crippen LogP contribution is 2.35. The molecular formula is C16H23NO. The minimum absolute atomic E-state index is 0.278. The Bertz CT molecular complexity index is 430. The summed E-state index contributed by atoms with van der Waals surface area (Å²) in [5, 5.41) is 3.41. The number of benzene rings is 1. The summed E-state index contributed by atoms with van der Waals surface area (Å²) < 4.78 is 0. The van der Waals surface area contributed by atoms with E-state index in [1.807, 2.05) is 31.2 Å². The van der Waals surface area contributed by atoms with Crippen molar-refractivity contribution in [3.63, 3.8) is 0 Å². The molecule has 1 aliphatic heterocycles. The van der Waals surface area contributed by atoms with Gasteiger partial charge in [0.1, 0.15) is 0 Å². The lowest BCUT2D eigenvalue weighted by molar-refractivity contribution is 0.0707. The molecule has 0 radical (unpaired) electrons. The van der Waals surface area contributed by atoms with Gasteiger partial charge in [-0.2, -0.15) is 0 Å². The summed E-state index contributed by atoms with van der Waals surface area (Å²) >= 11 is 0. The zero-order valence-electron chi connectivity index (χ0n) is 11.6. The Hall–Kier alpha value is -1.15. The number of aryl methyl sites for hydroxylation is 1. The third-order valence-corrected chi connectivity index (χ3v) is 4.29. The summed E-state index contributed by atoms with van der Waals surface area (Å²) in [6, 6.07) is 7.91. The van der Waals surface area contributed by atoms with Crippen LogP contribution in [0.25, 0.3) is 0 Å². The van der Waals surface area contributed by atoms with Gasteiger partial charge in [0.2, 0.25) is 0 Å². The fourth-order valence-electron chi connectivity index (χ4n) is 2.83. The summed E-state index contributed by atoms with van der Waals surface area (Å²) in [4.78, 5) is 12.8. The van der Waals surface area contributed by atoms with Crippen LogP contribution in [0.2, 0.25) is 0 Å². The van der Waals surface area contributed by atoms with Crippen molar-refractivity contribution in [2.45, 2.75) is 33.6 Å². The molecule has 1 fully saturated rings. The summed E-state index contributed by atoms with van der Waals surface area (Å²) in [6.07, 6.45) is 2.33. The quantitative estimate of drug-likeness (QED) is 0.829. The maximum atomic E-state index is 12.8. The number of Topliss-reactive ketones (excluding diaryl/α,β-unsaturated/α-hetero) is 1. The maximum Gasteiger partial charge on any atom is 0.169 e. The van der Waals surface area contributed by atoms with E-state index in [1.54, 1.807) is 0 Å². The van der Waals surface area contributed by atoms with Crippen molar-refractivity contribution in [1.29, 1.82) is 0 Å². The van der Waals surface area contributed by atoms with Crippen molar-refractivity contribution in [1.82, 2.24) is 5.32 Å². The van der Waals surface area contributed by atoms with Gasteiger partial charge in [-0.25, -0.2) is 0 Å². The molecule has 0 aliphatic carbocycles. The first-order valence-corrected chi connectivity index (χ1v) is 6.84. The highest BCUT2D eigenvalue weighted by Gasteiger charge is 2.37. The highest BCUT2D eigenvalue weighted by atomic mass is 16.1. The van der Waals surface area contributed by atoms with E-state index in [9.17, 15) is 4.79 Å². The zero-order chi connectivity index (χ0) is 13.2. The fourth-order valence-corrected chi connectivity index (χ4v) is 2.83. The molecule has 1 heterocycles. The van der Waals surface area contributed by atoms with Crippen LogP contribution < -0.4 is 5.32 Å². The van der Waals surface area contributed by atoms with Crippen LogP contribution in [-0.2, 0) is 0 Å². The molecule has 1 saturated heterocycles. The van der Waals surface area contributed by atoms with Crippen molar-refractivity contribution < 1.29 is 4.79 Å². The summed E-state index contributed by atoms with van der Waals surface area (Å²) in [6.45, 7) is 8.26. The number of rotatable bonds is 3. The Labute approximate surface area is 110 Å². The van der Waals surface area contributed by atoms with Gasteiger partial charge in [0.25, 0.3) is 0 Å². The van der Waals surface area contributed by atoms with Gasteiger partial charge in [0.15, 0.2) is 5.78 Å². The van der Waals surface area contributed by atoms with Crippen molar-refractivity contribution in [3.8, 4) is 0 Å². The van der Waals surface area contributed by atoms with Crippen LogP contribution in [0.3, 0.4) is 0 Å². The second kappa shape index (κ2) is 5.23. The van der Waals surface area contributed by atoms with Crippen molar-refractivity contribution in [2.24, 2.45) is 11.3 Å². The van der Waals surface area contributed by atoms with Crippen molar-refractivity contribution in [3.05, 3.63) is 35.4 Å². The number of piperidine rings is 1. The lowest BCUT2D eigenvalue weighted by Gasteiger charge is -2.36. The van der Waals surface area contributed by atoms with E-state index in [2.05, 4.69) is 19.2 Å². The number of hydrogen-bond donors (Lipinski definition) is 1. The van der Waals surface area contributed by atoms with E-state index >= 15 is 0 Å². The van der Waals surface area contributed by atoms with Crippen LogP contribution in [0.15, 0.2) is 24.3 Å². The minimum atomic E-state index is -0.278. The molecule has 0 bridgehead atoms. The molecule has 0 saturated carbocycles. The molecule has 1 N–H and O–H groups in total. The molecule has 2 rings (SSSR count). The van der Waals surface area contributed by atoms with E-state index in [4.69, 9.17) is 0 Å². The van der Waals surface area contributed by atoms with Gasteiger partial charge in [-0.15, -0.1) is 0 Å². The van der Waals surface area contributed by atoms with Crippen LogP contribution in [0, 0.1) is 18.3 Å². The van der Waals surface area contributed by atoms with Crippen LogP contribution in [0.5, 0.6) is 0 Å². The Morgan fingerprint density at radius 2 is 2.06 bits per heavy atom.